The average molecular weight is 242 g/mol. The lowest BCUT2D eigenvalue weighted by Gasteiger charge is -2.09. The molecular weight excluding hydrogens is 216 g/mol. The van der Waals surface area contributed by atoms with Gasteiger partial charge in [0.25, 0.3) is 0 Å². The van der Waals surface area contributed by atoms with Crippen molar-refractivity contribution < 1.29 is 9.53 Å². The Morgan fingerprint density at radius 1 is 1.24 bits per heavy atom. The van der Waals surface area contributed by atoms with Crippen molar-refractivity contribution in [2.24, 2.45) is 5.92 Å². The van der Waals surface area contributed by atoms with E-state index in [0.29, 0.717) is 19.6 Å². The van der Waals surface area contributed by atoms with Gasteiger partial charge in [-0.25, -0.2) is 0 Å². The van der Waals surface area contributed by atoms with Crippen molar-refractivity contribution in [1.29, 1.82) is 0 Å². The lowest BCUT2D eigenvalue weighted by Crippen LogP contribution is -2.30. The Hall–Kier alpha value is -0.610. The largest absolute Gasteiger partial charge is 0.383 e. The molecule has 4 heteroatoms. The van der Waals surface area contributed by atoms with E-state index < -0.39 is 0 Å². The van der Waals surface area contributed by atoms with E-state index in [1.54, 1.807) is 7.11 Å². The van der Waals surface area contributed by atoms with Crippen LogP contribution >= 0.6 is 0 Å². The molecule has 0 saturated heterocycles. The van der Waals surface area contributed by atoms with Gasteiger partial charge in [-0.1, -0.05) is 25.7 Å². The van der Waals surface area contributed by atoms with E-state index in [9.17, 15) is 4.79 Å². The molecule has 0 aromatic carbocycles. The molecule has 0 bridgehead atoms. The number of rotatable bonds is 9. The fourth-order valence-corrected chi connectivity index (χ4v) is 2.31. The first-order valence-corrected chi connectivity index (χ1v) is 6.79. The van der Waals surface area contributed by atoms with Crippen LogP contribution in [0.25, 0.3) is 0 Å². The Morgan fingerprint density at radius 3 is 2.71 bits per heavy atom. The zero-order valence-corrected chi connectivity index (χ0v) is 11.0. The Morgan fingerprint density at radius 2 is 2.00 bits per heavy atom. The molecule has 1 fully saturated rings. The quantitative estimate of drug-likeness (QED) is 0.599. The predicted molar refractivity (Wildman–Crippen MR) is 68.9 cm³/mol. The van der Waals surface area contributed by atoms with Gasteiger partial charge in [0.2, 0.25) is 5.91 Å². The molecule has 17 heavy (non-hydrogen) atoms. The number of hydrogen-bond acceptors (Lipinski definition) is 3. The van der Waals surface area contributed by atoms with Crippen molar-refractivity contribution in [3.63, 3.8) is 0 Å². The molecule has 4 nitrogen and oxygen atoms in total. The van der Waals surface area contributed by atoms with Crippen LogP contribution in [0.4, 0.5) is 0 Å². The van der Waals surface area contributed by atoms with Gasteiger partial charge in [-0.2, -0.15) is 0 Å². The number of nitrogens with one attached hydrogen (secondary N) is 2. The van der Waals surface area contributed by atoms with Gasteiger partial charge >= 0.3 is 0 Å². The lowest BCUT2D eigenvalue weighted by atomic mass is 10.0. The monoisotopic (exact) mass is 242 g/mol. The van der Waals surface area contributed by atoms with Crippen LogP contribution in [0.2, 0.25) is 0 Å². The standard InChI is InChI=1S/C13H26N2O2/c1-17-11-10-15-13(16)7-9-14-8-6-12-4-2-3-5-12/h12,14H,2-11H2,1H3,(H,15,16). The summed E-state index contributed by atoms with van der Waals surface area (Å²) < 4.78 is 4.86. The molecule has 0 spiro atoms. The number of hydrogen-bond donors (Lipinski definition) is 2. The zero-order chi connectivity index (χ0) is 12.3. The summed E-state index contributed by atoms with van der Waals surface area (Å²) in [6.45, 7) is 3.03. The highest BCUT2D eigenvalue weighted by atomic mass is 16.5. The molecule has 0 aliphatic heterocycles. The molecule has 0 atom stereocenters. The summed E-state index contributed by atoms with van der Waals surface area (Å²) in [7, 11) is 1.64. The van der Waals surface area contributed by atoms with Crippen molar-refractivity contribution in [2.75, 3.05) is 33.4 Å². The Bertz CT molecular complexity index is 204. The van der Waals surface area contributed by atoms with E-state index in [0.717, 1.165) is 19.0 Å². The molecule has 0 heterocycles. The van der Waals surface area contributed by atoms with E-state index in [1.807, 2.05) is 0 Å². The van der Waals surface area contributed by atoms with Crippen LogP contribution in [0.3, 0.4) is 0 Å². The molecule has 100 valence electrons. The summed E-state index contributed by atoms with van der Waals surface area (Å²) in [6.07, 6.45) is 7.46. The van der Waals surface area contributed by atoms with Crippen molar-refractivity contribution >= 4 is 5.91 Å². The molecular formula is C13H26N2O2. The van der Waals surface area contributed by atoms with Gasteiger partial charge in [-0.05, 0) is 18.9 Å². The highest BCUT2D eigenvalue weighted by Gasteiger charge is 2.13. The van der Waals surface area contributed by atoms with Crippen LogP contribution in [0.15, 0.2) is 0 Å². The van der Waals surface area contributed by atoms with E-state index >= 15 is 0 Å². The maximum absolute atomic E-state index is 11.3. The third-order valence-corrected chi connectivity index (χ3v) is 3.36. The second kappa shape index (κ2) is 9.42. The van der Waals surface area contributed by atoms with E-state index in [-0.39, 0.29) is 5.91 Å². The number of methoxy groups -OCH3 is 1. The minimum atomic E-state index is 0.107. The van der Waals surface area contributed by atoms with Gasteiger partial charge in [0.05, 0.1) is 6.61 Å². The van der Waals surface area contributed by atoms with Gasteiger partial charge < -0.3 is 15.4 Å². The van der Waals surface area contributed by atoms with E-state index in [4.69, 9.17) is 4.74 Å². The third-order valence-electron chi connectivity index (χ3n) is 3.36. The molecule has 1 aliphatic rings. The third kappa shape index (κ3) is 7.34. The second-order valence-electron chi connectivity index (χ2n) is 4.78. The van der Waals surface area contributed by atoms with Crippen molar-refractivity contribution in [1.82, 2.24) is 10.6 Å². The maximum atomic E-state index is 11.3. The van der Waals surface area contributed by atoms with Crippen molar-refractivity contribution in [3.05, 3.63) is 0 Å². The zero-order valence-electron chi connectivity index (χ0n) is 11.0. The van der Waals surface area contributed by atoms with Crippen LogP contribution < -0.4 is 10.6 Å². The molecule has 1 amide bonds. The van der Waals surface area contributed by atoms with E-state index in [2.05, 4.69) is 10.6 Å². The molecule has 0 aromatic rings. The minimum Gasteiger partial charge on any atom is -0.383 e. The van der Waals surface area contributed by atoms with Gasteiger partial charge in [0.15, 0.2) is 0 Å². The van der Waals surface area contributed by atoms with Gasteiger partial charge in [0, 0.05) is 26.6 Å². The van der Waals surface area contributed by atoms with Gasteiger partial charge in [0.1, 0.15) is 0 Å². The highest BCUT2D eigenvalue weighted by molar-refractivity contribution is 5.75. The Labute approximate surface area is 104 Å². The van der Waals surface area contributed by atoms with Gasteiger partial charge in [-0.3, -0.25) is 4.79 Å². The van der Waals surface area contributed by atoms with Crippen LogP contribution in [-0.2, 0) is 9.53 Å². The summed E-state index contributed by atoms with van der Waals surface area (Å²) in [4.78, 5) is 11.3. The molecule has 1 aliphatic carbocycles. The molecule has 0 aromatic heterocycles. The summed E-state index contributed by atoms with van der Waals surface area (Å²) in [6, 6.07) is 0. The smallest absolute Gasteiger partial charge is 0.221 e. The number of carbonyl (C=O) groups is 1. The van der Waals surface area contributed by atoms with Crippen LogP contribution in [-0.4, -0.2) is 39.3 Å². The second-order valence-corrected chi connectivity index (χ2v) is 4.78. The molecule has 0 radical (unpaired) electrons. The first-order chi connectivity index (χ1) is 8.33. The highest BCUT2D eigenvalue weighted by Crippen LogP contribution is 2.26. The fourth-order valence-electron chi connectivity index (χ4n) is 2.31. The van der Waals surface area contributed by atoms with Crippen molar-refractivity contribution in [3.8, 4) is 0 Å². The summed E-state index contributed by atoms with van der Waals surface area (Å²) >= 11 is 0. The normalized spacial score (nSPS) is 16.3. The van der Waals surface area contributed by atoms with Crippen LogP contribution in [0.5, 0.6) is 0 Å². The number of ether oxygens (including phenoxy) is 1. The number of carbonyl (C=O) groups excluding carboxylic acids is 1. The molecule has 0 unspecified atom stereocenters. The Kier molecular flexibility index (Phi) is 8.01. The van der Waals surface area contributed by atoms with Crippen molar-refractivity contribution in [2.45, 2.75) is 38.5 Å². The van der Waals surface area contributed by atoms with Gasteiger partial charge in [-0.15, -0.1) is 0 Å². The maximum Gasteiger partial charge on any atom is 0.221 e. The summed E-state index contributed by atoms with van der Waals surface area (Å²) in [5.41, 5.74) is 0. The van der Waals surface area contributed by atoms with Crippen LogP contribution in [0.1, 0.15) is 38.5 Å². The average Bonchev–Trinajstić information content (AvgIpc) is 2.82. The first-order valence-electron chi connectivity index (χ1n) is 6.79. The first kappa shape index (κ1) is 14.5. The molecule has 1 saturated carbocycles. The lowest BCUT2D eigenvalue weighted by molar-refractivity contribution is -0.121. The Balaban J connectivity index is 1.84. The molecule has 1 rings (SSSR count). The van der Waals surface area contributed by atoms with E-state index in [1.165, 1.54) is 32.1 Å². The minimum absolute atomic E-state index is 0.107. The number of amides is 1. The predicted octanol–water partition coefficient (Wildman–Crippen LogP) is 1.31. The molecule has 2 N–H and O–H groups in total. The topological polar surface area (TPSA) is 50.4 Å². The fraction of sp³-hybridized carbons (Fsp3) is 0.923. The summed E-state index contributed by atoms with van der Waals surface area (Å²) in [5.74, 6) is 1.04. The summed E-state index contributed by atoms with van der Waals surface area (Å²) in [5, 5.41) is 6.15. The van der Waals surface area contributed by atoms with Crippen LogP contribution in [0, 0.1) is 5.92 Å². The SMILES string of the molecule is COCCNC(=O)CCNCCC1CCCC1.